The number of ether oxygens (including phenoxy) is 1. The van der Waals surface area contributed by atoms with Crippen LogP contribution in [0.3, 0.4) is 0 Å². The predicted octanol–water partition coefficient (Wildman–Crippen LogP) is 3.60. The van der Waals surface area contributed by atoms with E-state index in [2.05, 4.69) is 60.7 Å². The maximum Gasteiger partial charge on any atom is 0.0898 e. The summed E-state index contributed by atoms with van der Waals surface area (Å²) in [5.74, 6) is 0.631. The van der Waals surface area contributed by atoms with Crippen LogP contribution < -0.4 is 5.32 Å². The van der Waals surface area contributed by atoms with Gasteiger partial charge in [0, 0.05) is 12.1 Å². The van der Waals surface area contributed by atoms with Gasteiger partial charge in [-0.25, -0.2) is 0 Å². The molecule has 0 rings (SSSR count). The Hall–Kier alpha value is -0.120. The van der Waals surface area contributed by atoms with Crippen LogP contribution in [-0.2, 0) is 4.74 Å². The number of hydrogen-bond acceptors (Lipinski definition) is 3. The van der Waals surface area contributed by atoms with Crippen molar-refractivity contribution in [2.45, 2.75) is 86.0 Å². The van der Waals surface area contributed by atoms with Gasteiger partial charge in [0.1, 0.15) is 0 Å². The van der Waals surface area contributed by atoms with Crippen LogP contribution in [0.1, 0.15) is 68.2 Å². The lowest BCUT2D eigenvalue weighted by Gasteiger charge is -2.34. The van der Waals surface area contributed by atoms with Crippen molar-refractivity contribution in [2.24, 2.45) is 11.3 Å². The molecule has 0 heterocycles. The maximum absolute atomic E-state index is 10.0. The summed E-state index contributed by atoms with van der Waals surface area (Å²) in [7, 11) is 0. The van der Waals surface area contributed by atoms with Gasteiger partial charge in [-0.1, -0.05) is 34.6 Å². The third-order valence-electron chi connectivity index (χ3n) is 3.16. The Morgan fingerprint density at radius 2 is 1.60 bits per heavy atom. The summed E-state index contributed by atoms with van der Waals surface area (Å²) in [6.45, 7) is 18.5. The molecule has 20 heavy (non-hydrogen) atoms. The van der Waals surface area contributed by atoms with Crippen LogP contribution in [-0.4, -0.2) is 36.0 Å². The molecule has 122 valence electrons. The van der Waals surface area contributed by atoms with Crippen molar-refractivity contribution in [1.82, 2.24) is 5.32 Å². The van der Waals surface area contributed by atoms with E-state index in [-0.39, 0.29) is 17.1 Å². The summed E-state index contributed by atoms with van der Waals surface area (Å²) in [6.07, 6.45) is 1.88. The van der Waals surface area contributed by atoms with Gasteiger partial charge in [-0.2, -0.15) is 0 Å². The van der Waals surface area contributed by atoms with Gasteiger partial charge in [0.25, 0.3) is 0 Å². The fourth-order valence-corrected chi connectivity index (χ4v) is 2.85. The molecule has 0 aromatic rings. The highest BCUT2D eigenvalue weighted by Gasteiger charge is 2.25. The molecule has 0 aliphatic heterocycles. The van der Waals surface area contributed by atoms with Crippen LogP contribution in [0.15, 0.2) is 0 Å². The summed E-state index contributed by atoms with van der Waals surface area (Å²) in [6, 6.07) is 0. The molecule has 0 aliphatic rings. The molecule has 0 amide bonds. The van der Waals surface area contributed by atoms with E-state index in [1.165, 1.54) is 0 Å². The van der Waals surface area contributed by atoms with Gasteiger partial charge < -0.3 is 15.2 Å². The lowest BCUT2D eigenvalue weighted by molar-refractivity contribution is -0.0110. The van der Waals surface area contributed by atoms with Crippen molar-refractivity contribution in [3.05, 3.63) is 0 Å². The summed E-state index contributed by atoms with van der Waals surface area (Å²) in [4.78, 5) is 0. The number of aliphatic hydroxyl groups is 1. The molecular formula is C17H37NO2. The van der Waals surface area contributed by atoms with Crippen LogP contribution in [0.5, 0.6) is 0 Å². The van der Waals surface area contributed by atoms with E-state index < -0.39 is 6.10 Å². The average molecular weight is 287 g/mol. The second kappa shape index (κ2) is 8.35. The van der Waals surface area contributed by atoms with Gasteiger partial charge in [0.2, 0.25) is 0 Å². The number of β-amino-alcohol motifs (C(OH)–C–C–N with tert-alkyl or cyclic N) is 1. The van der Waals surface area contributed by atoms with Gasteiger partial charge in [0.15, 0.2) is 0 Å². The van der Waals surface area contributed by atoms with Gasteiger partial charge in [-0.15, -0.1) is 0 Å². The zero-order valence-corrected chi connectivity index (χ0v) is 14.9. The topological polar surface area (TPSA) is 41.5 Å². The van der Waals surface area contributed by atoms with Gasteiger partial charge >= 0.3 is 0 Å². The molecule has 0 aromatic carbocycles. The van der Waals surface area contributed by atoms with E-state index >= 15 is 0 Å². The monoisotopic (exact) mass is 287 g/mol. The molecule has 2 atom stereocenters. The van der Waals surface area contributed by atoms with Gasteiger partial charge in [0.05, 0.1) is 18.8 Å². The fraction of sp³-hybridized carbons (Fsp3) is 1.00. The third kappa shape index (κ3) is 11.7. The Bertz CT molecular complexity index is 256. The molecule has 0 saturated heterocycles. The normalized spacial score (nSPS) is 16.5. The highest BCUT2D eigenvalue weighted by Crippen LogP contribution is 2.26. The van der Waals surface area contributed by atoms with Crippen LogP contribution in [0.25, 0.3) is 0 Å². The molecule has 0 aliphatic carbocycles. The summed E-state index contributed by atoms with van der Waals surface area (Å²) in [5.41, 5.74) is 0.312. The summed E-state index contributed by atoms with van der Waals surface area (Å²) >= 11 is 0. The Labute approximate surface area is 126 Å². The first-order valence-corrected chi connectivity index (χ1v) is 7.96. The van der Waals surface area contributed by atoms with Crippen molar-refractivity contribution in [2.75, 3.05) is 13.2 Å². The molecule has 2 N–H and O–H groups in total. The highest BCUT2D eigenvalue weighted by atomic mass is 16.5. The van der Waals surface area contributed by atoms with Crippen LogP contribution in [0.4, 0.5) is 0 Å². The second-order valence-electron chi connectivity index (χ2n) is 8.43. The second-order valence-corrected chi connectivity index (χ2v) is 8.43. The molecule has 0 saturated carbocycles. The maximum atomic E-state index is 10.0. The van der Waals surface area contributed by atoms with Crippen molar-refractivity contribution < 1.29 is 9.84 Å². The van der Waals surface area contributed by atoms with Crippen LogP contribution in [0.2, 0.25) is 0 Å². The minimum atomic E-state index is -0.441. The van der Waals surface area contributed by atoms with E-state index in [9.17, 15) is 5.11 Å². The zero-order valence-electron chi connectivity index (χ0n) is 14.9. The first kappa shape index (κ1) is 19.9. The van der Waals surface area contributed by atoms with Crippen LogP contribution in [0, 0.1) is 11.3 Å². The fourth-order valence-electron chi connectivity index (χ4n) is 2.85. The van der Waals surface area contributed by atoms with E-state index in [0.29, 0.717) is 19.1 Å². The Morgan fingerprint density at radius 3 is 2.05 bits per heavy atom. The quantitative estimate of drug-likeness (QED) is 0.681. The first-order valence-electron chi connectivity index (χ1n) is 7.96. The molecule has 0 bridgehead atoms. The first-order chi connectivity index (χ1) is 8.91. The molecule has 0 spiro atoms. The lowest BCUT2D eigenvalue weighted by atomic mass is 9.82. The van der Waals surface area contributed by atoms with Gasteiger partial charge in [-0.05, 0) is 44.9 Å². The number of rotatable bonds is 9. The molecule has 3 heteroatoms. The molecular weight excluding hydrogens is 250 g/mol. The Kier molecular flexibility index (Phi) is 8.30. The molecule has 3 nitrogen and oxygen atoms in total. The summed E-state index contributed by atoms with van der Waals surface area (Å²) in [5, 5.41) is 13.5. The number of hydrogen-bond donors (Lipinski definition) is 2. The van der Waals surface area contributed by atoms with Crippen molar-refractivity contribution in [1.29, 1.82) is 0 Å². The molecule has 0 aromatic heterocycles. The Morgan fingerprint density at radius 1 is 1.05 bits per heavy atom. The highest BCUT2D eigenvalue weighted by molar-refractivity contribution is 4.84. The van der Waals surface area contributed by atoms with E-state index in [0.717, 1.165) is 12.8 Å². The van der Waals surface area contributed by atoms with E-state index in [1.54, 1.807) is 0 Å². The Balaban J connectivity index is 3.95. The zero-order chi connectivity index (χ0) is 16.0. The minimum Gasteiger partial charge on any atom is -0.389 e. The van der Waals surface area contributed by atoms with Crippen LogP contribution >= 0.6 is 0 Å². The number of aliphatic hydroxyl groups excluding tert-OH is 1. The smallest absolute Gasteiger partial charge is 0.0898 e. The van der Waals surface area contributed by atoms with Gasteiger partial charge in [-0.3, -0.25) is 0 Å². The molecule has 2 unspecified atom stereocenters. The van der Waals surface area contributed by atoms with E-state index in [1.807, 2.05) is 0 Å². The minimum absolute atomic E-state index is 0.0305. The average Bonchev–Trinajstić information content (AvgIpc) is 2.19. The predicted molar refractivity (Wildman–Crippen MR) is 87.0 cm³/mol. The SMILES string of the molecule is CC(C)CC(C)OCC(O)CNC(C)(C)CC(C)(C)C. The summed E-state index contributed by atoms with van der Waals surface area (Å²) < 4.78 is 5.69. The van der Waals surface area contributed by atoms with E-state index in [4.69, 9.17) is 4.74 Å². The number of nitrogens with one attached hydrogen (secondary N) is 1. The lowest BCUT2D eigenvalue weighted by Crippen LogP contribution is -2.46. The molecule has 0 radical (unpaired) electrons. The standard InChI is InChI=1S/C17H37NO2/c1-13(2)9-14(3)20-11-15(19)10-18-17(7,8)12-16(4,5)6/h13-15,18-19H,9-12H2,1-8H3. The van der Waals surface area contributed by atoms with Crippen molar-refractivity contribution >= 4 is 0 Å². The third-order valence-corrected chi connectivity index (χ3v) is 3.16. The largest absolute Gasteiger partial charge is 0.389 e. The molecule has 0 fully saturated rings. The van der Waals surface area contributed by atoms with Crippen molar-refractivity contribution in [3.8, 4) is 0 Å². The van der Waals surface area contributed by atoms with Crippen molar-refractivity contribution in [3.63, 3.8) is 0 Å².